The molecule has 166 valence electrons. The van der Waals surface area contributed by atoms with Gasteiger partial charge in [-0.15, -0.1) is 0 Å². The summed E-state index contributed by atoms with van der Waals surface area (Å²) < 4.78 is 35.9. The van der Waals surface area contributed by atoms with Crippen molar-refractivity contribution in [2.75, 3.05) is 7.11 Å². The van der Waals surface area contributed by atoms with Gasteiger partial charge in [-0.1, -0.05) is 23.8 Å². The molecule has 7 nitrogen and oxygen atoms in total. The summed E-state index contributed by atoms with van der Waals surface area (Å²) in [5, 5.41) is 3.96. The van der Waals surface area contributed by atoms with Crippen molar-refractivity contribution < 1.29 is 22.1 Å². The van der Waals surface area contributed by atoms with E-state index in [0.29, 0.717) is 21.3 Å². The van der Waals surface area contributed by atoms with Gasteiger partial charge in [0.2, 0.25) is 0 Å². The number of rotatable bonds is 7. The molecule has 1 amide bonds. The van der Waals surface area contributed by atoms with Gasteiger partial charge in [0.25, 0.3) is 5.91 Å². The standard InChI is InChI=1S/C23H21BrN2O5S/c1-15-4-8-18(9-5-15)32(28,29)31-21-11-7-17(13-20(21)24)14-25-26-23(27)19-10-6-16(2)12-22(19)30-3/h4-14H,1-3H3,(H,26,27)/b25-14-. The van der Waals surface area contributed by atoms with Gasteiger partial charge in [0.15, 0.2) is 5.75 Å². The van der Waals surface area contributed by atoms with Crippen LogP contribution in [0.25, 0.3) is 0 Å². The van der Waals surface area contributed by atoms with E-state index in [9.17, 15) is 13.2 Å². The molecule has 3 aromatic rings. The quantitative estimate of drug-likeness (QED) is 0.281. The molecule has 0 atom stereocenters. The van der Waals surface area contributed by atoms with Crippen molar-refractivity contribution in [3.05, 3.63) is 87.4 Å². The number of hydrogen-bond donors (Lipinski definition) is 1. The largest absolute Gasteiger partial charge is 0.496 e. The van der Waals surface area contributed by atoms with Crippen LogP contribution in [0.2, 0.25) is 0 Å². The molecule has 0 radical (unpaired) electrons. The Hall–Kier alpha value is -3.17. The molecule has 0 aromatic heterocycles. The number of hydrazone groups is 1. The number of methoxy groups -OCH3 is 1. The van der Waals surface area contributed by atoms with Crippen molar-refractivity contribution in [3.63, 3.8) is 0 Å². The Morgan fingerprint density at radius 2 is 1.66 bits per heavy atom. The fourth-order valence-corrected chi connectivity index (χ4v) is 4.28. The molecule has 0 fully saturated rings. The molecule has 0 bridgehead atoms. The van der Waals surface area contributed by atoms with Crippen LogP contribution in [0.1, 0.15) is 27.0 Å². The maximum absolute atomic E-state index is 12.5. The number of aryl methyl sites for hydroxylation is 2. The molecule has 0 spiro atoms. The second-order valence-electron chi connectivity index (χ2n) is 6.94. The number of nitrogens with one attached hydrogen (secondary N) is 1. The van der Waals surface area contributed by atoms with Crippen LogP contribution < -0.4 is 14.3 Å². The first-order valence-corrected chi connectivity index (χ1v) is 11.7. The van der Waals surface area contributed by atoms with Crippen LogP contribution in [0.15, 0.2) is 75.1 Å². The molecular weight excluding hydrogens is 496 g/mol. The molecule has 32 heavy (non-hydrogen) atoms. The number of nitrogens with zero attached hydrogens (tertiary/aromatic N) is 1. The predicted molar refractivity (Wildman–Crippen MR) is 126 cm³/mol. The van der Waals surface area contributed by atoms with E-state index in [1.165, 1.54) is 31.5 Å². The minimum Gasteiger partial charge on any atom is -0.496 e. The summed E-state index contributed by atoms with van der Waals surface area (Å²) >= 11 is 3.31. The van der Waals surface area contributed by atoms with Gasteiger partial charge in [0.1, 0.15) is 10.6 Å². The Labute approximate surface area is 195 Å². The summed E-state index contributed by atoms with van der Waals surface area (Å²) in [6.07, 6.45) is 1.43. The number of amides is 1. The normalized spacial score (nSPS) is 11.4. The van der Waals surface area contributed by atoms with Gasteiger partial charge in [0, 0.05) is 0 Å². The van der Waals surface area contributed by atoms with E-state index in [-0.39, 0.29) is 10.6 Å². The minimum atomic E-state index is -3.97. The zero-order chi connectivity index (χ0) is 23.3. The summed E-state index contributed by atoms with van der Waals surface area (Å²) in [7, 11) is -2.47. The molecular formula is C23H21BrN2O5S. The van der Waals surface area contributed by atoms with E-state index in [1.54, 1.807) is 36.4 Å². The van der Waals surface area contributed by atoms with Crippen LogP contribution in [-0.2, 0) is 10.1 Å². The highest BCUT2D eigenvalue weighted by molar-refractivity contribution is 9.10. The fraction of sp³-hybridized carbons (Fsp3) is 0.130. The first-order valence-electron chi connectivity index (χ1n) is 9.48. The highest BCUT2D eigenvalue weighted by Crippen LogP contribution is 2.28. The highest BCUT2D eigenvalue weighted by atomic mass is 79.9. The van der Waals surface area contributed by atoms with Gasteiger partial charge in [0.05, 0.1) is 23.4 Å². The lowest BCUT2D eigenvalue weighted by Crippen LogP contribution is -2.18. The number of halogens is 1. The third-order valence-corrected chi connectivity index (χ3v) is 6.31. The van der Waals surface area contributed by atoms with Gasteiger partial charge in [-0.2, -0.15) is 13.5 Å². The Bertz CT molecular complexity index is 1270. The SMILES string of the molecule is COc1cc(C)ccc1C(=O)N/N=C\c1ccc(OS(=O)(=O)c2ccc(C)cc2)c(Br)c1. The van der Waals surface area contributed by atoms with E-state index in [1.807, 2.05) is 19.9 Å². The van der Waals surface area contributed by atoms with Crippen molar-refractivity contribution in [3.8, 4) is 11.5 Å². The van der Waals surface area contributed by atoms with Gasteiger partial charge in [-0.05, 0) is 83.4 Å². The Balaban J connectivity index is 1.69. The van der Waals surface area contributed by atoms with Crippen molar-refractivity contribution >= 4 is 38.2 Å². The molecule has 0 saturated carbocycles. The van der Waals surface area contributed by atoms with Gasteiger partial charge in [-0.25, -0.2) is 5.43 Å². The second kappa shape index (κ2) is 9.97. The molecule has 1 N–H and O–H groups in total. The third kappa shape index (κ3) is 5.74. The van der Waals surface area contributed by atoms with Gasteiger partial charge < -0.3 is 8.92 Å². The number of ether oxygens (including phenoxy) is 1. The first-order chi connectivity index (χ1) is 15.2. The zero-order valence-corrected chi connectivity index (χ0v) is 20.0. The summed E-state index contributed by atoms with van der Waals surface area (Å²) in [6, 6.07) is 16.4. The molecule has 0 heterocycles. The summed E-state index contributed by atoms with van der Waals surface area (Å²) in [5.41, 5.74) is 5.35. The Kier molecular flexibility index (Phi) is 7.32. The minimum absolute atomic E-state index is 0.0647. The van der Waals surface area contributed by atoms with Crippen LogP contribution in [0.3, 0.4) is 0 Å². The number of carbonyl (C=O) groups is 1. The van der Waals surface area contributed by atoms with Crippen LogP contribution in [0.4, 0.5) is 0 Å². The van der Waals surface area contributed by atoms with E-state index in [0.717, 1.165) is 11.1 Å². The average molecular weight is 517 g/mol. The zero-order valence-electron chi connectivity index (χ0n) is 17.6. The van der Waals surface area contributed by atoms with Crippen LogP contribution in [-0.4, -0.2) is 27.6 Å². The Morgan fingerprint density at radius 1 is 0.969 bits per heavy atom. The first kappa shape index (κ1) is 23.5. The average Bonchev–Trinajstić information content (AvgIpc) is 2.75. The van der Waals surface area contributed by atoms with Crippen molar-refractivity contribution in [1.82, 2.24) is 5.43 Å². The number of hydrogen-bond acceptors (Lipinski definition) is 6. The number of carbonyl (C=O) groups excluding carboxylic acids is 1. The maximum atomic E-state index is 12.5. The molecule has 3 aromatic carbocycles. The van der Waals surface area contributed by atoms with Crippen molar-refractivity contribution in [2.45, 2.75) is 18.7 Å². The lowest BCUT2D eigenvalue weighted by atomic mass is 10.1. The second-order valence-corrected chi connectivity index (χ2v) is 9.34. The van der Waals surface area contributed by atoms with E-state index < -0.39 is 16.0 Å². The third-order valence-electron chi connectivity index (χ3n) is 4.45. The van der Waals surface area contributed by atoms with Crippen molar-refractivity contribution in [2.24, 2.45) is 5.10 Å². The van der Waals surface area contributed by atoms with Crippen LogP contribution in [0.5, 0.6) is 11.5 Å². The molecule has 0 unspecified atom stereocenters. The summed E-state index contributed by atoms with van der Waals surface area (Å²) in [6.45, 7) is 3.77. The monoisotopic (exact) mass is 516 g/mol. The summed E-state index contributed by atoms with van der Waals surface area (Å²) in [5.74, 6) is 0.175. The lowest BCUT2D eigenvalue weighted by molar-refractivity contribution is 0.0952. The predicted octanol–water partition coefficient (Wildman–Crippen LogP) is 4.61. The van der Waals surface area contributed by atoms with Crippen LogP contribution in [0, 0.1) is 13.8 Å². The maximum Gasteiger partial charge on any atom is 0.339 e. The van der Waals surface area contributed by atoms with E-state index >= 15 is 0 Å². The van der Waals surface area contributed by atoms with Gasteiger partial charge >= 0.3 is 10.1 Å². The Morgan fingerprint density at radius 3 is 2.31 bits per heavy atom. The lowest BCUT2D eigenvalue weighted by Gasteiger charge is -2.09. The van der Waals surface area contributed by atoms with E-state index in [4.69, 9.17) is 8.92 Å². The molecule has 9 heteroatoms. The highest BCUT2D eigenvalue weighted by Gasteiger charge is 2.18. The summed E-state index contributed by atoms with van der Waals surface area (Å²) in [4.78, 5) is 12.4. The molecule has 3 rings (SSSR count). The van der Waals surface area contributed by atoms with Crippen LogP contribution >= 0.6 is 15.9 Å². The smallest absolute Gasteiger partial charge is 0.339 e. The molecule has 0 saturated heterocycles. The number of benzene rings is 3. The van der Waals surface area contributed by atoms with Gasteiger partial charge in [-0.3, -0.25) is 4.79 Å². The fourth-order valence-electron chi connectivity index (χ4n) is 2.75. The molecule has 0 aliphatic carbocycles. The van der Waals surface area contributed by atoms with Crippen molar-refractivity contribution in [1.29, 1.82) is 0 Å². The van der Waals surface area contributed by atoms with E-state index in [2.05, 4.69) is 26.5 Å². The molecule has 0 aliphatic rings. The topological polar surface area (TPSA) is 94.1 Å². The molecule has 0 aliphatic heterocycles.